The minimum atomic E-state index is -3.45. The fraction of sp³-hybridized carbons (Fsp3) is 0.0909. The molecule has 6 nitrogen and oxygen atoms in total. The Morgan fingerprint density at radius 1 is 1.35 bits per heavy atom. The van der Waals surface area contributed by atoms with Crippen LogP contribution in [0.5, 0.6) is 0 Å². The lowest BCUT2D eigenvalue weighted by molar-refractivity contribution is 0.433. The molecule has 3 aromatic rings. The van der Waals surface area contributed by atoms with Crippen molar-refractivity contribution in [1.82, 2.24) is 14.9 Å². The second-order valence-corrected chi connectivity index (χ2v) is 7.37. The summed E-state index contributed by atoms with van der Waals surface area (Å²) in [6.45, 7) is 0. The number of nitrogens with one attached hydrogen (secondary N) is 1. The molecule has 0 unspecified atom stereocenters. The lowest BCUT2D eigenvalue weighted by Gasteiger charge is -1.95. The van der Waals surface area contributed by atoms with E-state index in [9.17, 15) is 8.42 Å². The second kappa shape index (κ2) is 5.09. The van der Waals surface area contributed by atoms with E-state index in [1.807, 2.05) is 16.8 Å². The third kappa shape index (κ3) is 2.40. The molecule has 20 heavy (non-hydrogen) atoms. The zero-order valence-corrected chi connectivity index (χ0v) is 12.7. The molecular weight excluding hydrogens is 318 g/mol. The van der Waals surface area contributed by atoms with Gasteiger partial charge in [-0.15, -0.1) is 11.3 Å². The average molecular weight is 327 g/mol. The minimum Gasteiger partial charge on any atom is -0.333 e. The summed E-state index contributed by atoms with van der Waals surface area (Å²) in [6.07, 6.45) is 0. The molecular formula is C11H9N3O3S3. The number of nitrogens with zero attached hydrogens (tertiary/aromatic N) is 2. The maximum absolute atomic E-state index is 11.7. The topological polar surface area (TPSA) is 85.1 Å². The van der Waals surface area contributed by atoms with E-state index in [1.165, 1.54) is 29.8 Å². The van der Waals surface area contributed by atoms with Gasteiger partial charge in [0.25, 0.3) is 5.89 Å². The third-order valence-corrected chi connectivity index (χ3v) is 5.72. The predicted octanol–water partition coefficient (Wildman–Crippen LogP) is 2.43. The van der Waals surface area contributed by atoms with Crippen molar-refractivity contribution in [3.63, 3.8) is 0 Å². The molecule has 9 heteroatoms. The van der Waals surface area contributed by atoms with Crippen LogP contribution in [0.4, 0.5) is 0 Å². The molecule has 0 bridgehead atoms. The fourth-order valence-electron chi connectivity index (χ4n) is 1.52. The van der Waals surface area contributed by atoms with Crippen LogP contribution in [0.2, 0.25) is 0 Å². The SMILES string of the molecule is CNS(=O)(=O)c1csc(-c2nc(-c3ccsc3)no2)c1. The van der Waals surface area contributed by atoms with Crippen LogP contribution in [-0.2, 0) is 10.0 Å². The first-order valence-electron chi connectivity index (χ1n) is 5.49. The van der Waals surface area contributed by atoms with Crippen LogP contribution < -0.4 is 4.72 Å². The van der Waals surface area contributed by atoms with Crippen molar-refractivity contribution < 1.29 is 12.9 Å². The molecule has 3 rings (SSSR count). The van der Waals surface area contributed by atoms with Gasteiger partial charge in [-0.3, -0.25) is 0 Å². The maximum Gasteiger partial charge on any atom is 0.268 e. The Kier molecular flexibility index (Phi) is 3.42. The number of aromatic nitrogens is 2. The van der Waals surface area contributed by atoms with Gasteiger partial charge in [-0.05, 0) is 24.6 Å². The maximum atomic E-state index is 11.7. The summed E-state index contributed by atoms with van der Waals surface area (Å²) in [5.41, 5.74) is 0.879. The monoisotopic (exact) mass is 327 g/mol. The molecule has 1 N–H and O–H groups in total. The van der Waals surface area contributed by atoms with Gasteiger partial charge in [-0.1, -0.05) is 5.16 Å². The standard InChI is InChI=1S/C11H9N3O3S3/c1-12-20(15,16)8-4-9(19-6-8)11-13-10(14-17-11)7-2-3-18-5-7/h2-6,12H,1H3. The van der Waals surface area contributed by atoms with E-state index in [4.69, 9.17) is 4.52 Å². The Labute approximate surface area is 123 Å². The molecule has 0 radical (unpaired) electrons. The minimum absolute atomic E-state index is 0.190. The van der Waals surface area contributed by atoms with Gasteiger partial charge in [0.15, 0.2) is 0 Å². The number of hydrogen-bond donors (Lipinski definition) is 1. The number of rotatable bonds is 4. The second-order valence-electron chi connectivity index (χ2n) is 3.79. The highest BCUT2D eigenvalue weighted by Crippen LogP contribution is 2.30. The number of thiophene rings is 2. The molecule has 3 aromatic heterocycles. The van der Waals surface area contributed by atoms with Crippen LogP contribution in [0.25, 0.3) is 22.2 Å². The largest absolute Gasteiger partial charge is 0.333 e. The van der Waals surface area contributed by atoms with Crippen molar-refractivity contribution in [2.75, 3.05) is 7.05 Å². The van der Waals surface area contributed by atoms with E-state index in [-0.39, 0.29) is 4.90 Å². The summed E-state index contributed by atoms with van der Waals surface area (Å²) in [7, 11) is -2.08. The van der Waals surface area contributed by atoms with E-state index in [0.29, 0.717) is 16.6 Å². The molecule has 0 aliphatic heterocycles. The Balaban J connectivity index is 1.95. The predicted molar refractivity (Wildman–Crippen MR) is 77.2 cm³/mol. The molecule has 0 aliphatic rings. The van der Waals surface area contributed by atoms with Crippen molar-refractivity contribution in [2.24, 2.45) is 0 Å². The van der Waals surface area contributed by atoms with E-state index in [2.05, 4.69) is 14.9 Å². The van der Waals surface area contributed by atoms with Crippen molar-refractivity contribution in [2.45, 2.75) is 4.90 Å². The molecule has 0 fully saturated rings. The zero-order valence-electron chi connectivity index (χ0n) is 10.2. The highest BCUT2D eigenvalue weighted by atomic mass is 32.2. The lowest BCUT2D eigenvalue weighted by Crippen LogP contribution is -2.17. The first-order chi connectivity index (χ1) is 9.60. The van der Waals surface area contributed by atoms with Crippen LogP contribution in [0.3, 0.4) is 0 Å². The summed E-state index contributed by atoms with van der Waals surface area (Å²) in [5, 5.41) is 9.27. The summed E-state index contributed by atoms with van der Waals surface area (Å²) in [6, 6.07) is 3.41. The third-order valence-electron chi connectivity index (χ3n) is 2.57. The first kappa shape index (κ1) is 13.4. The summed E-state index contributed by atoms with van der Waals surface area (Å²) in [5.74, 6) is 0.807. The van der Waals surface area contributed by atoms with Crippen LogP contribution >= 0.6 is 22.7 Å². The van der Waals surface area contributed by atoms with E-state index >= 15 is 0 Å². The van der Waals surface area contributed by atoms with Gasteiger partial charge in [0.1, 0.15) is 0 Å². The van der Waals surface area contributed by atoms with Crippen LogP contribution in [0.1, 0.15) is 0 Å². The van der Waals surface area contributed by atoms with Gasteiger partial charge in [-0.25, -0.2) is 13.1 Å². The van der Waals surface area contributed by atoms with E-state index in [0.717, 1.165) is 5.56 Å². The molecule has 0 spiro atoms. The van der Waals surface area contributed by atoms with Crippen LogP contribution in [0, 0.1) is 0 Å². The molecule has 0 aromatic carbocycles. The highest BCUT2D eigenvalue weighted by Gasteiger charge is 2.18. The van der Waals surface area contributed by atoms with E-state index in [1.54, 1.807) is 11.3 Å². The average Bonchev–Trinajstić information content (AvgIpc) is 3.17. The van der Waals surface area contributed by atoms with Gasteiger partial charge < -0.3 is 4.52 Å². The lowest BCUT2D eigenvalue weighted by atomic mass is 10.3. The normalized spacial score (nSPS) is 11.8. The number of hydrogen-bond acceptors (Lipinski definition) is 7. The molecule has 3 heterocycles. The Bertz CT molecular complexity index is 818. The van der Waals surface area contributed by atoms with Gasteiger partial charge in [-0.2, -0.15) is 16.3 Å². The molecule has 0 aliphatic carbocycles. The van der Waals surface area contributed by atoms with Crippen molar-refractivity contribution in [3.05, 3.63) is 28.3 Å². The van der Waals surface area contributed by atoms with Gasteiger partial charge in [0.05, 0.1) is 9.77 Å². The van der Waals surface area contributed by atoms with Gasteiger partial charge in [0.2, 0.25) is 15.8 Å². The van der Waals surface area contributed by atoms with Crippen LogP contribution in [0.15, 0.2) is 37.7 Å². The highest BCUT2D eigenvalue weighted by molar-refractivity contribution is 7.89. The molecule has 0 amide bonds. The van der Waals surface area contributed by atoms with Crippen molar-refractivity contribution in [3.8, 4) is 22.2 Å². The summed E-state index contributed by atoms with van der Waals surface area (Å²) >= 11 is 2.79. The Hall–Kier alpha value is -1.55. The Morgan fingerprint density at radius 3 is 2.90 bits per heavy atom. The van der Waals surface area contributed by atoms with E-state index < -0.39 is 10.0 Å². The smallest absolute Gasteiger partial charge is 0.268 e. The summed E-state index contributed by atoms with van der Waals surface area (Å²) < 4.78 is 30.8. The molecule has 0 saturated heterocycles. The summed E-state index contributed by atoms with van der Waals surface area (Å²) in [4.78, 5) is 5.08. The van der Waals surface area contributed by atoms with Gasteiger partial charge >= 0.3 is 0 Å². The molecule has 0 saturated carbocycles. The van der Waals surface area contributed by atoms with Gasteiger partial charge in [0, 0.05) is 16.3 Å². The first-order valence-corrected chi connectivity index (χ1v) is 8.79. The quantitative estimate of drug-likeness (QED) is 0.795. The Morgan fingerprint density at radius 2 is 2.20 bits per heavy atom. The molecule has 0 atom stereocenters. The van der Waals surface area contributed by atoms with Crippen LogP contribution in [-0.4, -0.2) is 25.6 Å². The number of sulfonamides is 1. The fourth-order valence-corrected chi connectivity index (χ4v) is 4.08. The molecule has 104 valence electrons. The van der Waals surface area contributed by atoms with Crippen molar-refractivity contribution >= 4 is 32.7 Å². The van der Waals surface area contributed by atoms with Crippen molar-refractivity contribution in [1.29, 1.82) is 0 Å². The zero-order chi connectivity index (χ0) is 14.2.